The van der Waals surface area contributed by atoms with Gasteiger partial charge in [0.15, 0.2) is 11.5 Å². The van der Waals surface area contributed by atoms with Crippen molar-refractivity contribution in [3.63, 3.8) is 0 Å². The van der Waals surface area contributed by atoms with E-state index < -0.39 is 0 Å². The molecule has 0 N–H and O–H groups in total. The number of amides is 1. The molecule has 9 nitrogen and oxygen atoms in total. The number of likely N-dealkylation sites (N-methyl/N-ethyl adjacent to an activating group) is 1. The van der Waals surface area contributed by atoms with E-state index in [1.54, 1.807) is 26.6 Å². The highest BCUT2D eigenvalue weighted by atomic mass is 16.5. The summed E-state index contributed by atoms with van der Waals surface area (Å²) in [5.74, 6) is 3.21. The van der Waals surface area contributed by atoms with E-state index in [1.807, 2.05) is 29.2 Å². The van der Waals surface area contributed by atoms with E-state index in [0.29, 0.717) is 24.6 Å². The summed E-state index contributed by atoms with van der Waals surface area (Å²) in [6, 6.07) is 7.66. The number of rotatable bonds is 6. The quantitative estimate of drug-likeness (QED) is 0.612. The average molecular weight is 453 g/mol. The SMILES string of the molecule is COc1ccc(/C=C/C(=O)N2CCN(c3cc(N4CCN(C)CC4)ncn3)CC2)cc1OC. The van der Waals surface area contributed by atoms with E-state index in [2.05, 4.69) is 37.8 Å². The smallest absolute Gasteiger partial charge is 0.246 e. The molecule has 0 atom stereocenters. The minimum absolute atomic E-state index is 0.00486. The Hall–Kier alpha value is -3.33. The molecule has 1 aromatic heterocycles. The van der Waals surface area contributed by atoms with Gasteiger partial charge >= 0.3 is 0 Å². The first-order valence-electron chi connectivity index (χ1n) is 11.3. The molecule has 33 heavy (non-hydrogen) atoms. The average Bonchev–Trinajstić information content (AvgIpc) is 2.87. The molecule has 2 aliphatic heterocycles. The first-order chi connectivity index (χ1) is 16.1. The zero-order chi connectivity index (χ0) is 23.2. The van der Waals surface area contributed by atoms with Crippen LogP contribution >= 0.6 is 0 Å². The topological polar surface area (TPSA) is 74.3 Å². The third kappa shape index (κ3) is 5.54. The number of hydrogen-bond donors (Lipinski definition) is 0. The predicted molar refractivity (Wildman–Crippen MR) is 129 cm³/mol. The summed E-state index contributed by atoms with van der Waals surface area (Å²) in [7, 11) is 5.35. The zero-order valence-corrected chi connectivity index (χ0v) is 19.6. The van der Waals surface area contributed by atoms with Gasteiger partial charge < -0.3 is 29.1 Å². The number of hydrogen-bond acceptors (Lipinski definition) is 8. The first-order valence-corrected chi connectivity index (χ1v) is 11.3. The van der Waals surface area contributed by atoms with Crippen LogP contribution in [0.4, 0.5) is 11.6 Å². The highest BCUT2D eigenvalue weighted by molar-refractivity contribution is 5.92. The summed E-state index contributed by atoms with van der Waals surface area (Å²) >= 11 is 0. The molecule has 1 aromatic carbocycles. The van der Waals surface area contributed by atoms with Gasteiger partial charge in [-0.15, -0.1) is 0 Å². The van der Waals surface area contributed by atoms with Crippen molar-refractivity contribution in [3.05, 3.63) is 42.2 Å². The van der Waals surface area contributed by atoms with Crippen LogP contribution in [0.5, 0.6) is 11.5 Å². The Morgan fingerprint density at radius 3 is 2.06 bits per heavy atom. The Morgan fingerprint density at radius 2 is 1.45 bits per heavy atom. The van der Waals surface area contributed by atoms with Gasteiger partial charge in [0.25, 0.3) is 0 Å². The van der Waals surface area contributed by atoms with Gasteiger partial charge in [0.05, 0.1) is 14.2 Å². The van der Waals surface area contributed by atoms with Gasteiger partial charge in [-0.1, -0.05) is 6.07 Å². The van der Waals surface area contributed by atoms with Gasteiger partial charge in [-0.3, -0.25) is 4.79 Å². The lowest BCUT2D eigenvalue weighted by atomic mass is 10.2. The van der Waals surface area contributed by atoms with Crippen LogP contribution < -0.4 is 19.3 Å². The minimum Gasteiger partial charge on any atom is -0.493 e. The van der Waals surface area contributed by atoms with Gasteiger partial charge in [0.1, 0.15) is 18.0 Å². The fourth-order valence-corrected chi connectivity index (χ4v) is 4.10. The second kappa shape index (κ2) is 10.5. The van der Waals surface area contributed by atoms with Crippen LogP contribution in [0.15, 0.2) is 36.7 Å². The second-order valence-corrected chi connectivity index (χ2v) is 8.28. The molecule has 0 spiro atoms. The summed E-state index contributed by atoms with van der Waals surface area (Å²) in [5, 5.41) is 0. The molecule has 1 amide bonds. The van der Waals surface area contributed by atoms with E-state index in [4.69, 9.17) is 9.47 Å². The first kappa shape index (κ1) is 22.8. The number of benzene rings is 1. The van der Waals surface area contributed by atoms with E-state index in [9.17, 15) is 4.79 Å². The highest BCUT2D eigenvalue weighted by Crippen LogP contribution is 2.28. The molecule has 0 aliphatic carbocycles. The number of methoxy groups -OCH3 is 2. The maximum absolute atomic E-state index is 12.7. The van der Waals surface area contributed by atoms with Crippen LogP contribution in [0.3, 0.4) is 0 Å². The van der Waals surface area contributed by atoms with Crippen LogP contribution in [0, 0.1) is 0 Å². The molecule has 2 aromatic rings. The molecule has 4 rings (SSSR count). The lowest BCUT2D eigenvalue weighted by Gasteiger charge is -2.36. The van der Waals surface area contributed by atoms with Crippen molar-refractivity contribution in [2.45, 2.75) is 0 Å². The molecular formula is C24H32N6O3. The Kier molecular flexibility index (Phi) is 7.29. The van der Waals surface area contributed by atoms with Crippen molar-refractivity contribution in [1.82, 2.24) is 19.8 Å². The molecule has 2 saturated heterocycles. The Bertz CT molecular complexity index is 982. The number of ether oxygens (including phenoxy) is 2. The maximum atomic E-state index is 12.7. The fraction of sp³-hybridized carbons (Fsp3) is 0.458. The standard InChI is InChI=1S/C24H32N6O3/c1-27-8-10-28(11-9-27)22-17-23(26-18-25-22)29-12-14-30(15-13-29)24(31)7-5-19-4-6-20(32-2)21(16-19)33-3/h4-7,16-18H,8-15H2,1-3H3/b7-5+. The van der Waals surface area contributed by atoms with Gasteiger partial charge in [-0.25, -0.2) is 9.97 Å². The largest absolute Gasteiger partial charge is 0.493 e. The van der Waals surface area contributed by atoms with Gasteiger partial charge in [-0.05, 0) is 30.8 Å². The van der Waals surface area contributed by atoms with Gasteiger partial charge in [0.2, 0.25) is 5.91 Å². The molecule has 3 heterocycles. The Morgan fingerprint density at radius 1 is 0.848 bits per heavy atom. The van der Waals surface area contributed by atoms with E-state index in [-0.39, 0.29) is 5.91 Å². The van der Waals surface area contributed by atoms with E-state index >= 15 is 0 Å². The number of carbonyl (C=O) groups excluding carboxylic acids is 1. The van der Waals surface area contributed by atoms with Crippen molar-refractivity contribution < 1.29 is 14.3 Å². The summed E-state index contributed by atoms with van der Waals surface area (Å²) in [6.07, 6.45) is 5.07. The predicted octanol–water partition coefficient (Wildman–Crippen LogP) is 1.61. The molecule has 2 fully saturated rings. The molecule has 0 radical (unpaired) electrons. The fourth-order valence-electron chi connectivity index (χ4n) is 4.10. The lowest BCUT2D eigenvalue weighted by Crippen LogP contribution is -2.48. The summed E-state index contributed by atoms with van der Waals surface area (Å²) in [4.78, 5) is 30.4. The van der Waals surface area contributed by atoms with Crippen molar-refractivity contribution in [3.8, 4) is 11.5 Å². The summed E-state index contributed by atoms with van der Waals surface area (Å²) < 4.78 is 10.6. The summed E-state index contributed by atoms with van der Waals surface area (Å²) in [6.45, 7) is 6.83. The van der Waals surface area contributed by atoms with Crippen molar-refractivity contribution >= 4 is 23.6 Å². The van der Waals surface area contributed by atoms with Crippen molar-refractivity contribution in [2.75, 3.05) is 83.4 Å². The third-order valence-corrected chi connectivity index (χ3v) is 6.21. The molecule has 0 unspecified atom stereocenters. The second-order valence-electron chi connectivity index (χ2n) is 8.28. The van der Waals surface area contributed by atoms with E-state index in [0.717, 1.165) is 56.5 Å². The van der Waals surface area contributed by atoms with Gasteiger partial charge in [-0.2, -0.15) is 0 Å². The molecule has 2 aliphatic rings. The Labute approximate surface area is 195 Å². The third-order valence-electron chi connectivity index (χ3n) is 6.21. The van der Waals surface area contributed by atoms with Crippen LogP contribution in [-0.2, 0) is 4.79 Å². The summed E-state index contributed by atoms with van der Waals surface area (Å²) in [5.41, 5.74) is 0.886. The van der Waals surface area contributed by atoms with Crippen LogP contribution in [0.1, 0.15) is 5.56 Å². The lowest BCUT2D eigenvalue weighted by molar-refractivity contribution is -0.126. The zero-order valence-electron chi connectivity index (χ0n) is 19.6. The number of anilines is 2. The number of carbonyl (C=O) groups is 1. The highest BCUT2D eigenvalue weighted by Gasteiger charge is 2.22. The van der Waals surface area contributed by atoms with Crippen LogP contribution in [0.2, 0.25) is 0 Å². The molecule has 9 heteroatoms. The monoisotopic (exact) mass is 452 g/mol. The normalized spacial score (nSPS) is 17.5. The number of aromatic nitrogens is 2. The van der Waals surface area contributed by atoms with Crippen LogP contribution in [-0.4, -0.2) is 99.3 Å². The van der Waals surface area contributed by atoms with E-state index in [1.165, 1.54) is 0 Å². The number of nitrogens with zero attached hydrogens (tertiary/aromatic N) is 6. The van der Waals surface area contributed by atoms with Crippen LogP contribution in [0.25, 0.3) is 6.08 Å². The molecule has 176 valence electrons. The Balaban J connectivity index is 1.33. The molecular weight excluding hydrogens is 420 g/mol. The minimum atomic E-state index is 0.00486. The van der Waals surface area contributed by atoms with Gasteiger partial charge in [0, 0.05) is 64.5 Å². The molecule has 0 saturated carbocycles. The maximum Gasteiger partial charge on any atom is 0.246 e. The van der Waals surface area contributed by atoms with Crippen molar-refractivity contribution in [2.24, 2.45) is 0 Å². The van der Waals surface area contributed by atoms with Crippen molar-refractivity contribution in [1.29, 1.82) is 0 Å². The molecule has 0 bridgehead atoms. The number of piperazine rings is 2.